The molecule has 0 aliphatic carbocycles. The van der Waals surface area contributed by atoms with E-state index in [1.807, 2.05) is 19.2 Å². The van der Waals surface area contributed by atoms with Crippen LogP contribution in [0.4, 0.5) is 0 Å². The number of aromatic amines is 1. The second-order valence-corrected chi connectivity index (χ2v) is 5.34. The summed E-state index contributed by atoms with van der Waals surface area (Å²) < 4.78 is 0. The molecule has 0 saturated carbocycles. The lowest BCUT2D eigenvalue weighted by atomic mass is 9.96. The van der Waals surface area contributed by atoms with Gasteiger partial charge in [-0.3, -0.25) is 0 Å². The van der Waals surface area contributed by atoms with Crippen molar-refractivity contribution in [3.05, 3.63) is 30.1 Å². The molecule has 5 heteroatoms. The molecular weight excluding hydrogens is 256 g/mol. The summed E-state index contributed by atoms with van der Waals surface area (Å²) in [7, 11) is 1.88. The highest BCUT2D eigenvalue weighted by Gasteiger charge is 2.23. The number of H-pyrrole nitrogens is 1. The number of likely N-dealkylation sites (tertiary alicyclic amines) is 1. The number of thiocarbonyl (C=S) groups is 1. The number of piperidine rings is 1. The van der Waals surface area contributed by atoms with E-state index in [4.69, 9.17) is 17.2 Å². The fourth-order valence-corrected chi connectivity index (χ4v) is 2.86. The van der Waals surface area contributed by atoms with Crippen LogP contribution in [0.5, 0.6) is 0 Å². The number of imidazole rings is 1. The van der Waals surface area contributed by atoms with Gasteiger partial charge in [-0.15, -0.1) is 0 Å². The minimum Gasteiger partial charge on any atom is -0.366 e. The zero-order valence-electron chi connectivity index (χ0n) is 11.0. The van der Waals surface area contributed by atoms with E-state index in [9.17, 15) is 0 Å². The van der Waals surface area contributed by atoms with Crippen LogP contribution in [0.2, 0.25) is 0 Å². The molecule has 4 nitrogen and oxygen atoms in total. The molecule has 19 heavy (non-hydrogen) atoms. The smallest absolute Gasteiger partial charge is 0.168 e. The summed E-state index contributed by atoms with van der Waals surface area (Å²) in [6.07, 6.45) is 2.20. The molecule has 0 atom stereocenters. The second-order valence-electron chi connectivity index (χ2n) is 4.96. The van der Waals surface area contributed by atoms with E-state index in [1.165, 1.54) is 0 Å². The van der Waals surface area contributed by atoms with Gasteiger partial charge in [-0.1, -0.05) is 12.1 Å². The molecule has 0 bridgehead atoms. The first-order valence-corrected chi connectivity index (χ1v) is 7.10. The van der Waals surface area contributed by atoms with Crippen molar-refractivity contribution in [1.82, 2.24) is 20.2 Å². The van der Waals surface area contributed by atoms with E-state index >= 15 is 0 Å². The average molecular weight is 274 g/mol. The SMILES string of the molecule is CNC(=S)N1CCC(c2nc3ccccc3[nH]2)CC1. The highest BCUT2D eigenvalue weighted by molar-refractivity contribution is 7.80. The Bertz CT molecular complexity index is 551. The first kappa shape index (κ1) is 12.4. The van der Waals surface area contributed by atoms with E-state index in [0.29, 0.717) is 5.92 Å². The predicted molar refractivity (Wildman–Crippen MR) is 81.3 cm³/mol. The molecule has 1 aliphatic heterocycles. The summed E-state index contributed by atoms with van der Waals surface area (Å²) in [5.74, 6) is 1.64. The number of para-hydroxylation sites is 2. The van der Waals surface area contributed by atoms with Crippen molar-refractivity contribution < 1.29 is 0 Å². The molecule has 0 spiro atoms. The van der Waals surface area contributed by atoms with Crippen molar-refractivity contribution in [3.8, 4) is 0 Å². The first-order valence-electron chi connectivity index (χ1n) is 6.69. The molecule has 1 aromatic carbocycles. The lowest BCUT2D eigenvalue weighted by Crippen LogP contribution is -2.42. The molecule has 1 aromatic heterocycles. The molecule has 3 rings (SSSR count). The summed E-state index contributed by atoms with van der Waals surface area (Å²) in [6.45, 7) is 2.00. The normalized spacial score (nSPS) is 16.8. The molecule has 1 aliphatic rings. The van der Waals surface area contributed by atoms with Crippen molar-refractivity contribution in [3.63, 3.8) is 0 Å². The van der Waals surface area contributed by atoms with Crippen LogP contribution in [0, 0.1) is 0 Å². The molecule has 0 radical (unpaired) electrons. The van der Waals surface area contributed by atoms with Gasteiger partial charge < -0.3 is 15.2 Å². The lowest BCUT2D eigenvalue weighted by molar-refractivity contribution is 0.306. The second kappa shape index (κ2) is 5.17. The topological polar surface area (TPSA) is 44.0 Å². The average Bonchev–Trinajstić information content (AvgIpc) is 2.90. The largest absolute Gasteiger partial charge is 0.366 e. The molecule has 2 heterocycles. The van der Waals surface area contributed by atoms with Gasteiger partial charge in [0.15, 0.2) is 5.11 Å². The highest BCUT2D eigenvalue weighted by Crippen LogP contribution is 2.27. The van der Waals surface area contributed by atoms with Gasteiger partial charge in [0.2, 0.25) is 0 Å². The van der Waals surface area contributed by atoms with Crippen molar-refractivity contribution in [2.24, 2.45) is 0 Å². The Morgan fingerprint density at radius 1 is 1.37 bits per heavy atom. The summed E-state index contributed by atoms with van der Waals surface area (Å²) in [5.41, 5.74) is 2.19. The molecule has 100 valence electrons. The Hall–Kier alpha value is -1.62. The number of hydrogen-bond donors (Lipinski definition) is 2. The number of fused-ring (bicyclic) bond motifs is 1. The van der Waals surface area contributed by atoms with Gasteiger partial charge in [-0.05, 0) is 37.2 Å². The fourth-order valence-electron chi connectivity index (χ4n) is 2.68. The van der Waals surface area contributed by atoms with Crippen molar-refractivity contribution in [2.45, 2.75) is 18.8 Å². The Balaban J connectivity index is 1.72. The molecule has 2 N–H and O–H groups in total. The fraction of sp³-hybridized carbons (Fsp3) is 0.429. The Labute approximate surface area is 118 Å². The quantitative estimate of drug-likeness (QED) is 0.783. The van der Waals surface area contributed by atoms with Gasteiger partial charge in [0.1, 0.15) is 5.82 Å². The molecule has 1 saturated heterocycles. The maximum atomic E-state index is 5.27. The van der Waals surface area contributed by atoms with E-state index in [-0.39, 0.29) is 0 Å². The molecule has 1 fully saturated rings. The third-order valence-electron chi connectivity index (χ3n) is 3.79. The molecule has 0 amide bonds. The van der Waals surface area contributed by atoms with Gasteiger partial charge in [-0.25, -0.2) is 4.98 Å². The molecular formula is C14H18N4S. The van der Waals surface area contributed by atoms with Crippen LogP contribution >= 0.6 is 12.2 Å². The Morgan fingerprint density at radius 3 is 2.79 bits per heavy atom. The number of nitrogens with one attached hydrogen (secondary N) is 2. The van der Waals surface area contributed by atoms with Crippen LogP contribution in [0.1, 0.15) is 24.6 Å². The Morgan fingerprint density at radius 2 is 2.11 bits per heavy atom. The summed E-state index contributed by atoms with van der Waals surface area (Å²) in [6, 6.07) is 8.21. The number of benzene rings is 1. The minimum absolute atomic E-state index is 0.517. The summed E-state index contributed by atoms with van der Waals surface area (Å²) in [4.78, 5) is 10.4. The van der Waals surface area contributed by atoms with Crippen molar-refractivity contribution >= 4 is 28.4 Å². The lowest BCUT2D eigenvalue weighted by Gasteiger charge is -2.32. The number of aromatic nitrogens is 2. The standard InChI is InChI=1S/C14H18N4S/c1-15-14(19)18-8-6-10(7-9-18)13-16-11-4-2-3-5-12(11)17-13/h2-5,10H,6-9H2,1H3,(H,15,19)(H,16,17). The van der Waals surface area contributed by atoms with E-state index in [0.717, 1.165) is 47.9 Å². The zero-order valence-corrected chi connectivity index (χ0v) is 11.8. The van der Waals surface area contributed by atoms with Gasteiger partial charge >= 0.3 is 0 Å². The van der Waals surface area contributed by atoms with Gasteiger partial charge in [0.25, 0.3) is 0 Å². The van der Waals surface area contributed by atoms with Gasteiger partial charge in [0.05, 0.1) is 11.0 Å². The van der Waals surface area contributed by atoms with Crippen molar-refractivity contribution in [1.29, 1.82) is 0 Å². The van der Waals surface area contributed by atoms with E-state index in [1.54, 1.807) is 0 Å². The van der Waals surface area contributed by atoms with Crippen LogP contribution in [-0.2, 0) is 0 Å². The maximum Gasteiger partial charge on any atom is 0.168 e. The first-order chi connectivity index (χ1) is 9.28. The summed E-state index contributed by atoms with van der Waals surface area (Å²) in [5, 5.41) is 3.89. The monoisotopic (exact) mass is 274 g/mol. The predicted octanol–water partition coefficient (Wildman–Crippen LogP) is 2.25. The van der Waals surface area contributed by atoms with Crippen LogP contribution < -0.4 is 5.32 Å². The van der Waals surface area contributed by atoms with E-state index < -0.39 is 0 Å². The van der Waals surface area contributed by atoms with Crippen LogP contribution in [0.3, 0.4) is 0 Å². The third kappa shape index (κ3) is 2.42. The van der Waals surface area contributed by atoms with E-state index in [2.05, 4.69) is 27.3 Å². The number of rotatable bonds is 1. The van der Waals surface area contributed by atoms with Crippen LogP contribution in [0.25, 0.3) is 11.0 Å². The molecule has 2 aromatic rings. The van der Waals surface area contributed by atoms with Crippen molar-refractivity contribution in [2.75, 3.05) is 20.1 Å². The third-order valence-corrected chi connectivity index (χ3v) is 4.25. The minimum atomic E-state index is 0.517. The van der Waals surface area contributed by atoms with Gasteiger partial charge in [0, 0.05) is 26.1 Å². The zero-order chi connectivity index (χ0) is 13.2. The Kier molecular flexibility index (Phi) is 3.38. The van der Waals surface area contributed by atoms with Gasteiger partial charge in [-0.2, -0.15) is 0 Å². The summed E-state index contributed by atoms with van der Waals surface area (Å²) >= 11 is 5.27. The highest BCUT2D eigenvalue weighted by atomic mass is 32.1. The number of hydrogen-bond acceptors (Lipinski definition) is 2. The number of nitrogens with zero attached hydrogens (tertiary/aromatic N) is 2. The molecule has 0 unspecified atom stereocenters. The van der Waals surface area contributed by atoms with Crippen LogP contribution in [-0.4, -0.2) is 40.1 Å². The maximum absolute atomic E-state index is 5.27. The van der Waals surface area contributed by atoms with Crippen LogP contribution in [0.15, 0.2) is 24.3 Å².